The Kier molecular flexibility index (Phi) is 2.96. The smallest absolute Gasteiger partial charge is 0.224 e. The zero-order valence-electron chi connectivity index (χ0n) is 13.2. The maximum Gasteiger partial charge on any atom is 0.224 e. The quantitative estimate of drug-likeness (QED) is 0.886. The van der Waals surface area contributed by atoms with Crippen molar-refractivity contribution < 1.29 is 0 Å². The van der Waals surface area contributed by atoms with Crippen molar-refractivity contribution in [3.05, 3.63) is 11.8 Å². The van der Waals surface area contributed by atoms with Gasteiger partial charge in [0, 0.05) is 24.8 Å². The Bertz CT molecular complexity index is 520. The van der Waals surface area contributed by atoms with Crippen molar-refractivity contribution in [2.45, 2.75) is 53.0 Å². The van der Waals surface area contributed by atoms with Crippen molar-refractivity contribution in [3.63, 3.8) is 0 Å². The van der Waals surface area contributed by atoms with Crippen LogP contribution >= 0.6 is 0 Å². The van der Waals surface area contributed by atoms with E-state index in [1.165, 1.54) is 19.3 Å². The molecular weight excluding hydrogens is 248 g/mol. The van der Waals surface area contributed by atoms with Gasteiger partial charge in [0.1, 0.15) is 5.82 Å². The lowest BCUT2D eigenvalue weighted by atomic mass is 9.68. The lowest BCUT2D eigenvalue weighted by Gasteiger charge is -2.43. The first kappa shape index (κ1) is 13.7. The molecule has 3 rings (SSSR count). The van der Waals surface area contributed by atoms with E-state index in [2.05, 4.69) is 41.4 Å². The largest absolute Gasteiger partial charge is 0.366 e. The first-order chi connectivity index (χ1) is 9.35. The van der Waals surface area contributed by atoms with Gasteiger partial charge in [0.15, 0.2) is 0 Å². The van der Waals surface area contributed by atoms with Gasteiger partial charge in [-0.1, -0.05) is 20.8 Å². The summed E-state index contributed by atoms with van der Waals surface area (Å²) in [6.07, 6.45) is 4.06. The van der Waals surface area contributed by atoms with Crippen molar-refractivity contribution in [3.8, 4) is 0 Å². The van der Waals surface area contributed by atoms with Gasteiger partial charge in [0.2, 0.25) is 5.95 Å². The van der Waals surface area contributed by atoms with Gasteiger partial charge in [-0.3, -0.25) is 0 Å². The number of nitrogens with zero attached hydrogens (tertiary/aromatic N) is 2. The monoisotopic (exact) mass is 274 g/mol. The van der Waals surface area contributed by atoms with Gasteiger partial charge in [-0.15, -0.1) is 0 Å². The van der Waals surface area contributed by atoms with E-state index < -0.39 is 0 Å². The van der Waals surface area contributed by atoms with Gasteiger partial charge in [-0.05, 0) is 42.9 Å². The molecule has 2 N–H and O–H groups in total. The Balaban J connectivity index is 1.89. The van der Waals surface area contributed by atoms with E-state index in [0.717, 1.165) is 17.4 Å². The average Bonchev–Trinajstić information content (AvgIpc) is 2.85. The third kappa shape index (κ3) is 1.97. The van der Waals surface area contributed by atoms with Crippen molar-refractivity contribution >= 4 is 11.8 Å². The molecule has 1 aromatic heterocycles. The van der Waals surface area contributed by atoms with Crippen LogP contribution in [0.25, 0.3) is 0 Å². The molecule has 4 nitrogen and oxygen atoms in total. The number of hydrogen-bond acceptors (Lipinski definition) is 4. The minimum atomic E-state index is 0.339. The van der Waals surface area contributed by atoms with E-state index in [9.17, 15) is 0 Å². The summed E-state index contributed by atoms with van der Waals surface area (Å²) in [6.45, 7) is 9.27. The summed E-state index contributed by atoms with van der Waals surface area (Å²) in [6, 6.07) is 2.54. The average molecular weight is 274 g/mol. The maximum atomic E-state index is 4.56. The van der Waals surface area contributed by atoms with Gasteiger partial charge in [0.25, 0.3) is 0 Å². The van der Waals surface area contributed by atoms with Gasteiger partial charge in [-0.2, -0.15) is 4.98 Å². The first-order valence-electron chi connectivity index (χ1n) is 7.65. The summed E-state index contributed by atoms with van der Waals surface area (Å²) in [7, 11) is 1.86. The fourth-order valence-corrected chi connectivity index (χ4v) is 4.56. The number of hydrogen-bond donors (Lipinski definition) is 2. The van der Waals surface area contributed by atoms with E-state index >= 15 is 0 Å². The number of aromatic nitrogens is 2. The van der Waals surface area contributed by atoms with Crippen LogP contribution in [0.4, 0.5) is 11.8 Å². The number of fused-ring (bicyclic) bond motifs is 2. The summed E-state index contributed by atoms with van der Waals surface area (Å²) < 4.78 is 0. The minimum absolute atomic E-state index is 0.339. The van der Waals surface area contributed by atoms with Crippen molar-refractivity contribution in [2.75, 3.05) is 17.7 Å². The van der Waals surface area contributed by atoms with Gasteiger partial charge in [-0.25, -0.2) is 4.98 Å². The molecule has 0 spiro atoms. The van der Waals surface area contributed by atoms with Crippen LogP contribution in [0.2, 0.25) is 0 Å². The lowest BCUT2D eigenvalue weighted by Crippen LogP contribution is -2.46. The molecule has 2 saturated carbocycles. The van der Waals surface area contributed by atoms with E-state index in [0.29, 0.717) is 22.8 Å². The molecular formula is C16H26N4. The third-order valence-electron chi connectivity index (χ3n) is 5.64. The van der Waals surface area contributed by atoms with Crippen LogP contribution in [0.5, 0.6) is 0 Å². The van der Waals surface area contributed by atoms with Crippen LogP contribution in [0.15, 0.2) is 6.07 Å². The summed E-state index contributed by atoms with van der Waals surface area (Å²) in [5.74, 6) is 2.49. The van der Waals surface area contributed by atoms with Crippen LogP contribution in [0, 0.1) is 23.7 Å². The van der Waals surface area contributed by atoms with Gasteiger partial charge < -0.3 is 10.6 Å². The molecule has 0 aliphatic heterocycles. The zero-order valence-corrected chi connectivity index (χ0v) is 13.2. The maximum absolute atomic E-state index is 4.56. The van der Waals surface area contributed by atoms with Crippen molar-refractivity contribution in [2.24, 2.45) is 16.7 Å². The number of rotatable bonds is 3. The molecule has 2 fully saturated rings. The van der Waals surface area contributed by atoms with Gasteiger partial charge >= 0.3 is 0 Å². The Hall–Kier alpha value is -1.32. The van der Waals surface area contributed by atoms with Crippen LogP contribution in [0.1, 0.15) is 45.7 Å². The Labute approximate surface area is 121 Å². The summed E-state index contributed by atoms with van der Waals surface area (Å²) in [5.41, 5.74) is 1.75. The molecule has 0 radical (unpaired) electrons. The fourth-order valence-electron chi connectivity index (χ4n) is 4.56. The van der Waals surface area contributed by atoms with Crippen molar-refractivity contribution in [1.82, 2.24) is 9.97 Å². The highest BCUT2D eigenvalue weighted by Crippen LogP contribution is 2.63. The summed E-state index contributed by atoms with van der Waals surface area (Å²) in [5, 5.41) is 6.76. The topological polar surface area (TPSA) is 49.8 Å². The number of nitrogens with one attached hydrogen (secondary N) is 2. The predicted octanol–water partition coefficient (Wildman–Crippen LogP) is 3.45. The second kappa shape index (κ2) is 4.34. The normalized spacial score (nSPS) is 34.2. The van der Waals surface area contributed by atoms with Crippen LogP contribution < -0.4 is 10.6 Å². The van der Waals surface area contributed by atoms with E-state index in [4.69, 9.17) is 0 Å². The molecule has 1 aromatic rings. The molecule has 0 aromatic carbocycles. The van der Waals surface area contributed by atoms with Crippen LogP contribution in [-0.2, 0) is 0 Å². The number of aryl methyl sites for hydroxylation is 1. The molecule has 2 bridgehead atoms. The second-order valence-corrected chi connectivity index (χ2v) is 7.46. The molecule has 2 aliphatic carbocycles. The standard InChI is InChI=1S/C16H26N4/c1-10-8-12(20-14(17-5)18-10)19-13-15(2,3)11-6-7-16(13,4)9-11/h8,11,13H,6-7,9H2,1-5H3,(H2,17,18,19,20). The molecule has 20 heavy (non-hydrogen) atoms. The molecule has 2 aliphatic rings. The fraction of sp³-hybridized carbons (Fsp3) is 0.750. The summed E-state index contributed by atoms with van der Waals surface area (Å²) in [4.78, 5) is 8.93. The van der Waals surface area contributed by atoms with Crippen molar-refractivity contribution in [1.29, 1.82) is 0 Å². The Morgan fingerprint density at radius 2 is 2.00 bits per heavy atom. The molecule has 3 unspecified atom stereocenters. The third-order valence-corrected chi connectivity index (χ3v) is 5.64. The lowest BCUT2D eigenvalue weighted by molar-refractivity contribution is 0.155. The van der Waals surface area contributed by atoms with Crippen LogP contribution in [0.3, 0.4) is 0 Å². The summed E-state index contributed by atoms with van der Waals surface area (Å²) >= 11 is 0. The Morgan fingerprint density at radius 1 is 1.25 bits per heavy atom. The first-order valence-corrected chi connectivity index (χ1v) is 7.65. The predicted molar refractivity (Wildman–Crippen MR) is 83.0 cm³/mol. The van der Waals surface area contributed by atoms with E-state index in [1.54, 1.807) is 0 Å². The second-order valence-electron chi connectivity index (χ2n) is 7.46. The Morgan fingerprint density at radius 3 is 2.60 bits per heavy atom. The highest BCUT2D eigenvalue weighted by atomic mass is 15.1. The molecule has 1 heterocycles. The van der Waals surface area contributed by atoms with E-state index in [-0.39, 0.29) is 0 Å². The van der Waals surface area contributed by atoms with E-state index in [1.807, 2.05) is 20.0 Å². The highest BCUT2D eigenvalue weighted by molar-refractivity contribution is 5.44. The molecule has 0 saturated heterocycles. The SMILES string of the molecule is CNc1nc(C)cc(NC2C3(C)CCC(C3)C2(C)C)n1. The molecule has 4 heteroatoms. The van der Waals surface area contributed by atoms with Gasteiger partial charge in [0.05, 0.1) is 0 Å². The molecule has 0 amide bonds. The minimum Gasteiger partial charge on any atom is -0.366 e. The zero-order chi connectivity index (χ0) is 14.5. The van der Waals surface area contributed by atoms with Crippen LogP contribution in [-0.4, -0.2) is 23.1 Å². The molecule has 3 atom stereocenters. The molecule has 110 valence electrons. The highest BCUT2D eigenvalue weighted by Gasteiger charge is 2.59. The number of anilines is 2.